The predicted octanol–water partition coefficient (Wildman–Crippen LogP) is 1.96. The van der Waals surface area contributed by atoms with Crippen LogP contribution in [0.3, 0.4) is 0 Å². The van der Waals surface area contributed by atoms with Crippen molar-refractivity contribution in [3.63, 3.8) is 0 Å². The third kappa shape index (κ3) is 3.65. The van der Waals surface area contributed by atoms with Crippen LogP contribution in [0.5, 0.6) is 0 Å². The lowest BCUT2D eigenvalue weighted by molar-refractivity contribution is -0.127. The van der Waals surface area contributed by atoms with E-state index in [1.54, 1.807) is 29.0 Å². The van der Waals surface area contributed by atoms with Crippen molar-refractivity contribution in [2.24, 2.45) is 11.8 Å². The number of fused-ring (bicyclic) bond motifs is 3. The molecule has 3 aromatic rings. The molecular weight excluding hydrogens is 423 g/mol. The maximum absolute atomic E-state index is 13.7. The minimum atomic E-state index is -0.513. The summed E-state index contributed by atoms with van der Waals surface area (Å²) in [6.45, 7) is 0.554. The molecule has 7 nitrogen and oxygen atoms in total. The fourth-order valence-electron chi connectivity index (χ4n) is 5.43. The Bertz CT molecular complexity index is 1250. The van der Waals surface area contributed by atoms with E-state index in [1.807, 2.05) is 36.2 Å². The summed E-state index contributed by atoms with van der Waals surface area (Å²) in [6, 6.07) is 14.4. The van der Waals surface area contributed by atoms with Gasteiger partial charge in [-0.15, -0.1) is 0 Å². The fourth-order valence-corrected chi connectivity index (χ4v) is 5.43. The summed E-state index contributed by atoms with van der Waals surface area (Å²) in [5.41, 5.74) is 2.35. The van der Waals surface area contributed by atoms with E-state index >= 15 is 0 Å². The first-order chi connectivity index (χ1) is 16.0. The smallest absolute Gasteiger partial charge is 0.258 e. The summed E-state index contributed by atoms with van der Waals surface area (Å²) < 4.78 is 15.4. The van der Waals surface area contributed by atoms with Gasteiger partial charge in [-0.25, -0.2) is 4.39 Å². The van der Waals surface area contributed by atoms with Crippen LogP contribution in [-0.2, 0) is 17.9 Å². The monoisotopic (exact) mass is 448 g/mol. The molecule has 4 atom stereocenters. The average molecular weight is 448 g/mol. The van der Waals surface area contributed by atoms with E-state index in [2.05, 4.69) is 10.3 Å². The van der Waals surface area contributed by atoms with Gasteiger partial charge in [0, 0.05) is 42.4 Å². The second-order valence-corrected chi connectivity index (χ2v) is 8.70. The SMILES string of the molecule is CN1[C@@H]2c3ccc(-c4cccc(F)c4)c(=O)n3C[C@@H]2[C@@H](CO)[C@@H]1C(=O)NCc1ccccn1. The lowest BCUT2D eigenvalue weighted by Crippen LogP contribution is -2.46. The Kier molecular flexibility index (Phi) is 5.55. The van der Waals surface area contributed by atoms with Gasteiger partial charge >= 0.3 is 0 Å². The third-order valence-corrected chi connectivity index (χ3v) is 6.93. The molecule has 1 fully saturated rings. The van der Waals surface area contributed by atoms with E-state index in [9.17, 15) is 19.1 Å². The summed E-state index contributed by atoms with van der Waals surface area (Å²) in [4.78, 5) is 32.5. The van der Waals surface area contributed by atoms with Crippen LogP contribution in [0.1, 0.15) is 17.4 Å². The van der Waals surface area contributed by atoms with Crippen LogP contribution in [0.4, 0.5) is 4.39 Å². The first-order valence-corrected chi connectivity index (χ1v) is 11.0. The number of likely N-dealkylation sites (tertiary alicyclic amines) is 1. The van der Waals surface area contributed by atoms with Crippen molar-refractivity contribution < 1.29 is 14.3 Å². The Hall–Kier alpha value is -3.36. The van der Waals surface area contributed by atoms with Crippen molar-refractivity contribution in [3.8, 4) is 11.1 Å². The summed E-state index contributed by atoms with van der Waals surface area (Å²) in [5, 5.41) is 13.1. The highest BCUT2D eigenvalue weighted by Crippen LogP contribution is 2.48. The molecule has 0 aliphatic carbocycles. The number of halogens is 1. The highest BCUT2D eigenvalue weighted by molar-refractivity contribution is 5.82. The van der Waals surface area contributed by atoms with Crippen molar-refractivity contribution in [2.45, 2.75) is 25.2 Å². The molecule has 2 N–H and O–H groups in total. The molecule has 0 bridgehead atoms. The van der Waals surface area contributed by atoms with E-state index in [0.717, 1.165) is 11.4 Å². The zero-order chi connectivity index (χ0) is 23.1. The van der Waals surface area contributed by atoms with Gasteiger partial charge in [-0.1, -0.05) is 18.2 Å². The van der Waals surface area contributed by atoms with Gasteiger partial charge in [-0.3, -0.25) is 19.5 Å². The van der Waals surface area contributed by atoms with Gasteiger partial charge in [-0.2, -0.15) is 0 Å². The molecule has 1 amide bonds. The number of likely N-dealkylation sites (N-methyl/N-ethyl adjacent to an activating group) is 1. The largest absolute Gasteiger partial charge is 0.396 e. The maximum Gasteiger partial charge on any atom is 0.258 e. The van der Waals surface area contributed by atoms with Crippen LogP contribution in [0.25, 0.3) is 11.1 Å². The summed E-state index contributed by atoms with van der Waals surface area (Å²) in [7, 11) is 1.86. The van der Waals surface area contributed by atoms with Crippen LogP contribution in [0, 0.1) is 17.7 Å². The van der Waals surface area contributed by atoms with Crippen LogP contribution in [0.15, 0.2) is 65.6 Å². The fraction of sp³-hybridized carbons (Fsp3) is 0.320. The first kappa shape index (κ1) is 21.5. The molecule has 5 rings (SSSR count). The van der Waals surface area contributed by atoms with E-state index < -0.39 is 11.9 Å². The molecule has 8 heteroatoms. The molecule has 0 radical (unpaired) electrons. The standard InChI is InChI=1S/C25H25FN4O3/c1-29-22-19(20(14-31)23(29)24(32)28-12-17-7-2-3-10-27-17)13-30-21(22)9-8-18(25(30)33)15-5-4-6-16(26)11-15/h2-11,19-20,22-23,31H,12-14H2,1H3,(H,28,32)/t19-,20-,22+,23-/m1/s1. The third-order valence-electron chi connectivity index (χ3n) is 6.93. The first-order valence-electron chi connectivity index (χ1n) is 11.0. The number of benzene rings is 1. The second kappa shape index (κ2) is 8.53. The normalized spacial score (nSPS) is 23.8. The molecule has 2 aromatic heterocycles. The molecule has 0 saturated carbocycles. The lowest BCUT2D eigenvalue weighted by atomic mass is 9.88. The van der Waals surface area contributed by atoms with Crippen LogP contribution in [-0.4, -0.2) is 45.2 Å². The van der Waals surface area contributed by atoms with Crippen molar-refractivity contribution in [3.05, 3.63) is 88.4 Å². The van der Waals surface area contributed by atoms with Crippen molar-refractivity contribution in [1.82, 2.24) is 19.8 Å². The number of hydrogen-bond donors (Lipinski definition) is 2. The van der Waals surface area contributed by atoms with Gasteiger partial charge < -0.3 is 15.0 Å². The van der Waals surface area contributed by atoms with Gasteiger partial charge in [0.2, 0.25) is 5.91 Å². The molecule has 0 spiro atoms. The number of carbonyl (C=O) groups excluding carboxylic acids is 1. The Morgan fingerprint density at radius 2 is 2.06 bits per heavy atom. The van der Waals surface area contributed by atoms with Crippen LogP contribution >= 0.6 is 0 Å². The van der Waals surface area contributed by atoms with Gasteiger partial charge in [0.05, 0.1) is 24.3 Å². The van der Waals surface area contributed by atoms with E-state index in [-0.39, 0.29) is 36.0 Å². The molecule has 0 unspecified atom stereocenters. The highest BCUT2D eigenvalue weighted by Gasteiger charge is 2.54. The zero-order valence-electron chi connectivity index (χ0n) is 18.2. The molecule has 2 aliphatic rings. The number of pyridine rings is 2. The lowest BCUT2D eigenvalue weighted by Gasteiger charge is -2.27. The highest BCUT2D eigenvalue weighted by atomic mass is 19.1. The number of aliphatic hydroxyl groups is 1. The number of amides is 1. The Morgan fingerprint density at radius 1 is 1.21 bits per heavy atom. The summed E-state index contributed by atoms with van der Waals surface area (Å²) in [6.07, 6.45) is 1.68. The maximum atomic E-state index is 13.7. The van der Waals surface area contributed by atoms with Gasteiger partial charge in [0.15, 0.2) is 0 Å². The van der Waals surface area contributed by atoms with Crippen molar-refractivity contribution in [2.75, 3.05) is 13.7 Å². The Morgan fingerprint density at radius 3 is 2.79 bits per heavy atom. The number of carbonyl (C=O) groups is 1. The average Bonchev–Trinajstić information content (AvgIpc) is 3.34. The topological polar surface area (TPSA) is 87.5 Å². The van der Waals surface area contributed by atoms with Gasteiger partial charge in [0.25, 0.3) is 5.56 Å². The predicted molar refractivity (Wildman–Crippen MR) is 121 cm³/mol. The Labute approximate surface area is 190 Å². The van der Waals surface area contributed by atoms with Gasteiger partial charge in [-0.05, 0) is 49.0 Å². The molecule has 33 heavy (non-hydrogen) atoms. The molecule has 2 aliphatic heterocycles. The quantitative estimate of drug-likeness (QED) is 0.623. The van der Waals surface area contributed by atoms with Gasteiger partial charge in [0.1, 0.15) is 5.82 Å². The number of nitrogens with one attached hydrogen (secondary N) is 1. The number of aromatic nitrogens is 2. The van der Waals surface area contributed by atoms with E-state index in [1.165, 1.54) is 12.1 Å². The Balaban J connectivity index is 1.42. The van der Waals surface area contributed by atoms with Crippen LogP contribution < -0.4 is 10.9 Å². The number of hydrogen-bond acceptors (Lipinski definition) is 5. The second-order valence-electron chi connectivity index (χ2n) is 8.70. The summed E-state index contributed by atoms with van der Waals surface area (Å²) >= 11 is 0. The summed E-state index contributed by atoms with van der Waals surface area (Å²) in [5.74, 6) is -0.961. The molecule has 170 valence electrons. The zero-order valence-corrected chi connectivity index (χ0v) is 18.2. The molecule has 4 heterocycles. The molecule has 1 aromatic carbocycles. The van der Waals surface area contributed by atoms with Crippen molar-refractivity contribution >= 4 is 5.91 Å². The number of nitrogens with zero attached hydrogens (tertiary/aromatic N) is 3. The van der Waals surface area contributed by atoms with Crippen LogP contribution in [0.2, 0.25) is 0 Å². The van der Waals surface area contributed by atoms with Crippen molar-refractivity contribution in [1.29, 1.82) is 0 Å². The number of aliphatic hydroxyl groups excluding tert-OH is 1. The molecule has 1 saturated heterocycles. The minimum absolute atomic E-state index is 0.0824. The number of rotatable bonds is 5. The minimum Gasteiger partial charge on any atom is -0.396 e. The van der Waals surface area contributed by atoms with E-state index in [0.29, 0.717) is 24.2 Å². The molecular formula is C25H25FN4O3. The van der Waals surface area contributed by atoms with E-state index in [4.69, 9.17) is 0 Å².